The van der Waals surface area contributed by atoms with E-state index in [2.05, 4.69) is 28.2 Å². The highest BCUT2D eigenvalue weighted by Crippen LogP contribution is 2.20. The highest BCUT2D eigenvalue weighted by molar-refractivity contribution is 9.10. The predicted molar refractivity (Wildman–Crippen MR) is 84.2 cm³/mol. The Labute approximate surface area is 124 Å². The van der Waals surface area contributed by atoms with E-state index < -0.39 is 0 Å². The maximum absolute atomic E-state index is 12.0. The second kappa shape index (κ2) is 8.20. The summed E-state index contributed by atoms with van der Waals surface area (Å²) in [7, 11) is 0. The van der Waals surface area contributed by atoms with Gasteiger partial charge in [-0.2, -0.15) is 0 Å². The molecule has 0 spiro atoms. The summed E-state index contributed by atoms with van der Waals surface area (Å²) in [6, 6.07) is 5.48. The Kier molecular flexibility index (Phi) is 6.92. The van der Waals surface area contributed by atoms with Crippen LogP contribution in [0.1, 0.15) is 56.3 Å². The van der Waals surface area contributed by atoms with Crippen molar-refractivity contribution in [1.82, 2.24) is 5.32 Å². The molecule has 0 aliphatic rings. The molecule has 3 nitrogen and oxygen atoms in total. The Bertz CT molecular complexity index is 421. The summed E-state index contributed by atoms with van der Waals surface area (Å²) in [4.78, 5) is 12.0. The fraction of sp³-hybridized carbons (Fsp3) is 0.533. The van der Waals surface area contributed by atoms with E-state index in [-0.39, 0.29) is 11.9 Å². The summed E-state index contributed by atoms with van der Waals surface area (Å²) in [5, 5.41) is 3.01. The monoisotopic (exact) mass is 326 g/mol. The van der Waals surface area contributed by atoms with Crippen LogP contribution in [0.15, 0.2) is 22.7 Å². The van der Waals surface area contributed by atoms with Gasteiger partial charge in [-0.1, -0.05) is 32.6 Å². The van der Waals surface area contributed by atoms with E-state index in [0.29, 0.717) is 11.3 Å². The number of carbonyl (C=O) groups is 1. The summed E-state index contributed by atoms with van der Waals surface area (Å²) in [6.07, 6.45) is 5.93. The van der Waals surface area contributed by atoms with Crippen molar-refractivity contribution < 1.29 is 4.79 Å². The van der Waals surface area contributed by atoms with E-state index in [4.69, 9.17) is 5.73 Å². The van der Waals surface area contributed by atoms with Crippen molar-refractivity contribution in [2.45, 2.75) is 52.0 Å². The molecule has 106 valence electrons. The van der Waals surface area contributed by atoms with Crippen molar-refractivity contribution in [3.05, 3.63) is 28.2 Å². The number of benzene rings is 1. The van der Waals surface area contributed by atoms with Crippen LogP contribution in [-0.2, 0) is 0 Å². The van der Waals surface area contributed by atoms with Crippen LogP contribution < -0.4 is 11.1 Å². The Morgan fingerprint density at radius 3 is 2.74 bits per heavy atom. The quantitative estimate of drug-likeness (QED) is 0.585. The van der Waals surface area contributed by atoms with Gasteiger partial charge in [0.1, 0.15) is 0 Å². The van der Waals surface area contributed by atoms with Gasteiger partial charge in [0.05, 0.1) is 0 Å². The van der Waals surface area contributed by atoms with Crippen molar-refractivity contribution in [3.63, 3.8) is 0 Å². The van der Waals surface area contributed by atoms with E-state index in [0.717, 1.165) is 17.3 Å². The van der Waals surface area contributed by atoms with E-state index in [1.165, 1.54) is 19.3 Å². The lowest BCUT2D eigenvalue weighted by Crippen LogP contribution is -2.32. The molecule has 0 saturated carbocycles. The molecule has 0 aromatic heterocycles. The van der Waals surface area contributed by atoms with Crippen molar-refractivity contribution in [1.29, 1.82) is 0 Å². The average Bonchev–Trinajstić information content (AvgIpc) is 2.38. The lowest BCUT2D eigenvalue weighted by Gasteiger charge is -2.14. The first-order chi connectivity index (χ1) is 9.04. The van der Waals surface area contributed by atoms with Gasteiger partial charge in [-0.15, -0.1) is 0 Å². The fourth-order valence-electron chi connectivity index (χ4n) is 1.94. The average molecular weight is 327 g/mol. The van der Waals surface area contributed by atoms with Crippen LogP contribution in [-0.4, -0.2) is 11.9 Å². The van der Waals surface area contributed by atoms with E-state index in [1.54, 1.807) is 18.2 Å². The molecule has 0 aliphatic heterocycles. The van der Waals surface area contributed by atoms with E-state index in [9.17, 15) is 4.79 Å². The zero-order valence-electron chi connectivity index (χ0n) is 11.7. The SMILES string of the molecule is CCCCCCC(C)NC(=O)c1ccc(Br)c(N)c1. The number of nitrogen functional groups attached to an aromatic ring is 1. The van der Waals surface area contributed by atoms with E-state index in [1.807, 2.05) is 6.92 Å². The molecule has 4 heteroatoms. The van der Waals surface area contributed by atoms with Gasteiger partial charge in [-0.05, 0) is 47.5 Å². The Hall–Kier alpha value is -1.03. The molecule has 1 unspecified atom stereocenters. The largest absolute Gasteiger partial charge is 0.398 e. The molecule has 1 aromatic rings. The van der Waals surface area contributed by atoms with Crippen molar-refractivity contribution >= 4 is 27.5 Å². The first kappa shape index (κ1) is 16.0. The van der Waals surface area contributed by atoms with Crippen LogP contribution in [0.5, 0.6) is 0 Å². The second-order valence-electron chi connectivity index (χ2n) is 4.96. The minimum Gasteiger partial charge on any atom is -0.398 e. The van der Waals surface area contributed by atoms with Crippen LogP contribution in [0.2, 0.25) is 0 Å². The number of carbonyl (C=O) groups excluding carboxylic acids is 1. The van der Waals surface area contributed by atoms with Crippen molar-refractivity contribution in [2.75, 3.05) is 5.73 Å². The highest BCUT2D eigenvalue weighted by atomic mass is 79.9. The summed E-state index contributed by atoms with van der Waals surface area (Å²) >= 11 is 3.32. The minimum atomic E-state index is -0.0535. The summed E-state index contributed by atoms with van der Waals surface area (Å²) in [6.45, 7) is 4.25. The Morgan fingerprint density at radius 2 is 2.11 bits per heavy atom. The molecule has 0 saturated heterocycles. The standard InChI is InChI=1S/C15H23BrN2O/c1-3-4-5-6-7-11(2)18-15(19)12-8-9-13(16)14(17)10-12/h8-11H,3-7,17H2,1-2H3,(H,18,19). The number of halogens is 1. The van der Waals surface area contributed by atoms with Crippen LogP contribution in [0, 0.1) is 0 Å². The highest BCUT2D eigenvalue weighted by Gasteiger charge is 2.10. The third kappa shape index (κ3) is 5.64. The van der Waals surface area contributed by atoms with Crippen molar-refractivity contribution in [2.24, 2.45) is 0 Å². The van der Waals surface area contributed by atoms with Gasteiger partial charge in [0, 0.05) is 21.8 Å². The first-order valence-corrected chi connectivity index (χ1v) is 7.69. The number of hydrogen-bond acceptors (Lipinski definition) is 2. The number of anilines is 1. The third-order valence-electron chi connectivity index (χ3n) is 3.13. The van der Waals surface area contributed by atoms with Gasteiger partial charge in [-0.3, -0.25) is 4.79 Å². The van der Waals surface area contributed by atoms with Gasteiger partial charge in [0.15, 0.2) is 0 Å². The van der Waals surface area contributed by atoms with Gasteiger partial charge >= 0.3 is 0 Å². The van der Waals surface area contributed by atoms with Gasteiger partial charge in [-0.25, -0.2) is 0 Å². The topological polar surface area (TPSA) is 55.1 Å². The molecule has 0 bridgehead atoms. The molecular weight excluding hydrogens is 304 g/mol. The predicted octanol–water partition coefficient (Wildman–Crippen LogP) is 4.12. The number of rotatable bonds is 7. The summed E-state index contributed by atoms with van der Waals surface area (Å²) in [5.41, 5.74) is 6.97. The Balaban J connectivity index is 2.43. The molecule has 1 atom stereocenters. The van der Waals surface area contributed by atoms with Crippen LogP contribution in [0.4, 0.5) is 5.69 Å². The number of unbranched alkanes of at least 4 members (excludes halogenated alkanes) is 3. The maximum Gasteiger partial charge on any atom is 0.251 e. The van der Waals surface area contributed by atoms with Gasteiger partial charge in [0.2, 0.25) is 0 Å². The normalized spacial score (nSPS) is 12.2. The molecule has 1 rings (SSSR count). The molecule has 1 aromatic carbocycles. The summed E-state index contributed by atoms with van der Waals surface area (Å²) in [5.74, 6) is -0.0535. The molecule has 0 heterocycles. The van der Waals surface area contributed by atoms with Gasteiger partial charge < -0.3 is 11.1 Å². The molecule has 3 N–H and O–H groups in total. The fourth-order valence-corrected chi connectivity index (χ4v) is 2.19. The number of nitrogens with one attached hydrogen (secondary N) is 1. The smallest absolute Gasteiger partial charge is 0.251 e. The molecule has 0 radical (unpaired) electrons. The first-order valence-electron chi connectivity index (χ1n) is 6.90. The zero-order valence-corrected chi connectivity index (χ0v) is 13.3. The maximum atomic E-state index is 12.0. The number of nitrogens with two attached hydrogens (primary N) is 1. The molecule has 1 amide bonds. The Morgan fingerprint density at radius 1 is 1.37 bits per heavy atom. The lowest BCUT2D eigenvalue weighted by atomic mass is 10.1. The van der Waals surface area contributed by atoms with Gasteiger partial charge in [0.25, 0.3) is 5.91 Å². The lowest BCUT2D eigenvalue weighted by molar-refractivity contribution is 0.0938. The summed E-state index contributed by atoms with van der Waals surface area (Å²) < 4.78 is 0.816. The zero-order chi connectivity index (χ0) is 14.3. The van der Waals surface area contributed by atoms with Crippen LogP contribution >= 0.6 is 15.9 Å². The molecular formula is C15H23BrN2O. The van der Waals surface area contributed by atoms with Crippen LogP contribution in [0.25, 0.3) is 0 Å². The number of amides is 1. The van der Waals surface area contributed by atoms with Crippen molar-refractivity contribution in [3.8, 4) is 0 Å². The molecule has 19 heavy (non-hydrogen) atoms. The number of hydrogen-bond donors (Lipinski definition) is 2. The van der Waals surface area contributed by atoms with E-state index >= 15 is 0 Å². The second-order valence-corrected chi connectivity index (χ2v) is 5.81. The third-order valence-corrected chi connectivity index (χ3v) is 3.85. The molecule has 0 aliphatic carbocycles. The molecule has 0 fully saturated rings. The van der Waals surface area contributed by atoms with Crippen LogP contribution in [0.3, 0.4) is 0 Å². The minimum absolute atomic E-state index is 0.0535.